The van der Waals surface area contributed by atoms with E-state index < -0.39 is 10.0 Å². The fraction of sp³-hybridized carbons (Fsp3) is 0.407. The van der Waals surface area contributed by atoms with E-state index in [9.17, 15) is 13.2 Å². The van der Waals surface area contributed by atoms with Crippen molar-refractivity contribution >= 4 is 42.6 Å². The van der Waals surface area contributed by atoms with Gasteiger partial charge in [-0.05, 0) is 82.4 Å². The van der Waals surface area contributed by atoms with Gasteiger partial charge in [-0.1, -0.05) is 17.4 Å². The summed E-state index contributed by atoms with van der Waals surface area (Å²) in [5, 5.41) is 18.4. The normalized spacial score (nSPS) is 11.6. The van der Waals surface area contributed by atoms with Crippen molar-refractivity contribution in [2.45, 2.75) is 38.0 Å². The molecular formula is C27H32N6O3S2. The van der Waals surface area contributed by atoms with Crippen molar-refractivity contribution in [2.24, 2.45) is 0 Å². The minimum atomic E-state index is -3.92. The molecule has 0 radical (unpaired) electrons. The van der Waals surface area contributed by atoms with Gasteiger partial charge in [-0.2, -0.15) is 14.8 Å². The summed E-state index contributed by atoms with van der Waals surface area (Å²) in [7, 11) is 0.0358. The molecule has 0 fully saturated rings. The smallest absolute Gasteiger partial charge is 0.260 e. The van der Waals surface area contributed by atoms with Crippen LogP contribution in [0.4, 0.5) is 5.13 Å². The number of carbonyl (C=O) groups is 1. The monoisotopic (exact) mass is 552 g/mol. The number of aromatic nitrogens is 1. The van der Waals surface area contributed by atoms with Gasteiger partial charge in [-0.3, -0.25) is 9.69 Å². The molecule has 0 atom stereocenters. The van der Waals surface area contributed by atoms with Crippen LogP contribution in [-0.2, 0) is 10.0 Å². The Morgan fingerprint density at radius 3 is 2.18 bits per heavy atom. The molecule has 11 heteroatoms. The van der Waals surface area contributed by atoms with Gasteiger partial charge in [0.05, 0.1) is 27.3 Å². The van der Waals surface area contributed by atoms with E-state index in [4.69, 9.17) is 15.5 Å². The van der Waals surface area contributed by atoms with Crippen molar-refractivity contribution in [3.8, 4) is 12.1 Å². The van der Waals surface area contributed by atoms with Crippen molar-refractivity contribution in [3.63, 3.8) is 0 Å². The molecule has 0 unspecified atom stereocenters. The lowest BCUT2D eigenvalue weighted by molar-refractivity contribution is 0.0986. The number of amides is 1. The molecule has 0 saturated carbocycles. The first kappa shape index (κ1) is 29.2. The van der Waals surface area contributed by atoms with Crippen LogP contribution in [0, 0.1) is 36.5 Å². The summed E-state index contributed by atoms with van der Waals surface area (Å²) in [6.45, 7) is 5.29. The van der Waals surface area contributed by atoms with Crippen molar-refractivity contribution in [1.82, 2.24) is 14.2 Å². The van der Waals surface area contributed by atoms with Crippen LogP contribution in [0.1, 0.15) is 40.7 Å². The average Bonchev–Trinajstić information content (AvgIpc) is 3.30. The van der Waals surface area contributed by atoms with Gasteiger partial charge in [0.15, 0.2) is 5.13 Å². The molecule has 0 aliphatic heterocycles. The Hall–Kier alpha value is -3.35. The van der Waals surface area contributed by atoms with Gasteiger partial charge < -0.3 is 4.90 Å². The quantitative estimate of drug-likeness (QED) is 0.328. The summed E-state index contributed by atoms with van der Waals surface area (Å²) in [5.74, 6) is -0.257. The Bertz CT molecular complexity index is 1450. The second-order valence-corrected chi connectivity index (χ2v) is 12.2. The predicted molar refractivity (Wildman–Crippen MR) is 150 cm³/mol. The van der Waals surface area contributed by atoms with Crippen molar-refractivity contribution < 1.29 is 13.2 Å². The van der Waals surface area contributed by atoms with Gasteiger partial charge in [-0.15, -0.1) is 0 Å². The lowest BCUT2D eigenvalue weighted by Crippen LogP contribution is -2.34. The minimum Gasteiger partial charge on any atom is -0.309 e. The number of hydrogen-bond acceptors (Lipinski definition) is 8. The van der Waals surface area contributed by atoms with E-state index in [2.05, 4.69) is 17.0 Å². The van der Waals surface area contributed by atoms with Gasteiger partial charge in [-0.25, -0.2) is 13.4 Å². The highest BCUT2D eigenvalue weighted by Crippen LogP contribution is 2.32. The Balaban J connectivity index is 1.92. The number of thiazole rings is 1. The molecule has 200 valence electrons. The molecule has 3 aromatic rings. The highest BCUT2D eigenvalue weighted by atomic mass is 32.2. The molecule has 0 aliphatic carbocycles. The number of fused-ring (bicyclic) bond motifs is 1. The number of carbonyl (C=O) groups excluding carboxylic acids is 1. The number of hydrogen-bond donors (Lipinski definition) is 0. The van der Waals surface area contributed by atoms with Crippen LogP contribution in [0.3, 0.4) is 0 Å². The van der Waals surface area contributed by atoms with Crippen LogP contribution in [0.2, 0.25) is 0 Å². The number of nitrogens with zero attached hydrogens (tertiary/aromatic N) is 6. The Kier molecular flexibility index (Phi) is 9.95. The third-order valence-electron chi connectivity index (χ3n) is 5.97. The molecule has 0 spiro atoms. The minimum absolute atomic E-state index is 0.00263. The largest absolute Gasteiger partial charge is 0.309 e. The summed E-state index contributed by atoms with van der Waals surface area (Å²) in [6, 6.07) is 13.8. The van der Waals surface area contributed by atoms with E-state index in [0.717, 1.165) is 38.6 Å². The number of anilines is 1. The molecule has 3 rings (SSSR count). The second-order valence-electron chi connectivity index (χ2n) is 9.28. The topological polar surface area (TPSA) is 121 Å². The molecule has 0 saturated heterocycles. The van der Waals surface area contributed by atoms with E-state index in [1.807, 2.05) is 40.1 Å². The number of rotatable bonds is 12. The van der Waals surface area contributed by atoms with Crippen molar-refractivity contribution in [1.29, 1.82) is 10.5 Å². The first-order valence-electron chi connectivity index (χ1n) is 12.3. The third kappa shape index (κ3) is 6.94. The van der Waals surface area contributed by atoms with E-state index in [1.165, 1.54) is 35.6 Å². The van der Waals surface area contributed by atoms with Crippen molar-refractivity contribution in [2.75, 3.05) is 45.2 Å². The maximum atomic E-state index is 13.7. The Labute approximate surface area is 228 Å². The standard InChI is InChI=1S/C27H32N6O3S2/c1-20-18-21(2)25-24(19-20)37-27(30-25)33(17-7-14-31(3)4)26(34)22-8-10-23(11-9-22)38(35,36)32(15-5-12-28)16-6-13-29/h8-11,18-19H,5-7,14-17H2,1-4H3. The number of aryl methyl sites for hydroxylation is 2. The molecule has 0 N–H and O–H groups in total. The van der Waals surface area contributed by atoms with Crippen LogP contribution in [0.5, 0.6) is 0 Å². The molecule has 0 bridgehead atoms. The van der Waals surface area contributed by atoms with Crippen LogP contribution < -0.4 is 4.90 Å². The van der Waals surface area contributed by atoms with Gasteiger partial charge in [0.2, 0.25) is 10.0 Å². The van der Waals surface area contributed by atoms with E-state index in [-0.39, 0.29) is 36.7 Å². The molecule has 0 aliphatic rings. The molecule has 1 aromatic heterocycles. The molecular weight excluding hydrogens is 520 g/mol. The highest BCUT2D eigenvalue weighted by Gasteiger charge is 2.26. The van der Waals surface area contributed by atoms with Crippen LogP contribution in [-0.4, -0.2) is 68.8 Å². The maximum Gasteiger partial charge on any atom is 0.260 e. The van der Waals surface area contributed by atoms with E-state index in [1.54, 1.807) is 4.90 Å². The van der Waals surface area contributed by atoms with Gasteiger partial charge >= 0.3 is 0 Å². The highest BCUT2D eigenvalue weighted by molar-refractivity contribution is 7.89. The zero-order valence-corrected chi connectivity index (χ0v) is 23.8. The second kappa shape index (κ2) is 12.9. The molecule has 1 amide bonds. The lowest BCUT2D eigenvalue weighted by atomic mass is 10.1. The van der Waals surface area contributed by atoms with Gasteiger partial charge in [0.25, 0.3) is 5.91 Å². The van der Waals surface area contributed by atoms with E-state index >= 15 is 0 Å². The zero-order chi connectivity index (χ0) is 27.9. The number of benzene rings is 2. The van der Waals surface area contributed by atoms with Crippen LogP contribution in [0.25, 0.3) is 10.2 Å². The average molecular weight is 553 g/mol. The predicted octanol–water partition coefficient (Wildman–Crippen LogP) is 4.33. The fourth-order valence-electron chi connectivity index (χ4n) is 4.08. The number of nitriles is 2. The summed E-state index contributed by atoms with van der Waals surface area (Å²) in [6.07, 6.45) is 0.778. The van der Waals surface area contributed by atoms with Gasteiger partial charge in [0.1, 0.15) is 0 Å². The van der Waals surface area contributed by atoms with Crippen molar-refractivity contribution in [3.05, 3.63) is 53.1 Å². The Morgan fingerprint density at radius 1 is 0.974 bits per heavy atom. The Morgan fingerprint density at radius 2 is 1.61 bits per heavy atom. The maximum absolute atomic E-state index is 13.7. The summed E-state index contributed by atoms with van der Waals surface area (Å²) < 4.78 is 28.4. The van der Waals surface area contributed by atoms with Gasteiger partial charge in [0, 0.05) is 38.0 Å². The fourth-order valence-corrected chi connectivity index (χ4v) is 6.69. The SMILES string of the molecule is Cc1cc(C)c2nc(N(CCCN(C)C)C(=O)c3ccc(S(=O)(=O)N(CCC#N)CCC#N)cc3)sc2c1. The summed E-state index contributed by atoms with van der Waals surface area (Å²) in [5.41, 5.74) is 3.40. The molecule has 2 aromatic carbocycles. The molecule has 38 heavy (non-hydrogen) atoms. The van der Waals surface area contributed by atoms with Crippen LogP contribution >= 0.6 is 11.3 Å². The lowest BCUT2D eigenvalue weighted by Gasteiger charge is -2.22. The zero-order valence-electron chi connectivity index (χ0n) is 22.1. The molecule has 9 nitrogen and oxygen atoms in total. The summed E-state index contributed by atoms with van der Waals surface area (Å²) in [4.78, 5) is 22.2. The first-order chi connectivity index (χ1) is 18.1. The summed E-state index contributed by atoms with van der Waals surface area (Å²) >= 11 is 1.47. The van der Waals surface area contributed by atoms with E-state index in [0.29, 0.717) is 17.2 Å². The third-order valence-corrected chi connectivity index (χ3v) is 8.90. The van der Waals surface area contributed by atoms with Crippen LogP contribution in [0.15, 0.2) is 41.3 Å². The molecule has 1 heterocycles. The number of sulfonamides is 1. The first-order valence-corrected chi connectivity index (χ1v) is 14.5.